The van der Waals surface area contributed by atoms with Crippen molar-refractivity contribution in [2.75, 3.05) is 6.61 Å². The Hall–Kier alpha value is -3.15. The Kier molecular flexibility index (Phi) is 5.31. The Bertz CT molecular complexity index is 853. The van der Waals surface area contributed by atoms with Gasteiger partial charge in [0.2, 0.25) is 0 Å². The van der Waals surface area contributed by atoms with Gasteiger partial charge in [-0.3, -0.25) is 4.79 Å². The molecule has 3 rings (SSSR count). The van der Waals surface area contributed by atoms with Crippen LogP contribution in [0.3, 0.4) is 0 Å². The van der Waals surface area contributed by atoms with E-state index < -0.39 is 0 Å². The van der Waals surface area contributed by atoms with Crippen LogP contribution in [0.1, 0.15) is 29.7 Å². The third-order valence-electron chi connectivity index (χ3n) is 4.21. The SMILES string of the molecule is Cc1cccc(C)c1OCC(=O)N[C@H](C)c1ccc(-n2cncn2)cc1. The first-order chi connectivity index (χ1) is 12.5. The summed E-state index contributed by atoms with van der Waals surface area (Å²) in [4.78, 5) is 16.2. The Morgan fingerprint density at radius 2 is 1.85 bits per heavy atom. The van der Waals surface area contributed by atoms with Crippen molar-refractivity contribution in [3.63, 3.8) is 0 Å². The van der Waals surface area contributed by atoms with Gasteiger partial charge in [-0.1, -0.05) is 30.3 Å². The number of carbonyl (C=O) groups is 1. The number of para-hydroxylation sites is 1. The number of carbonyl (C=O) groups excluding carboxylic acids is 1. The van der Waals surface area contributed by atoms with Crippen molar-refractivity contribution in [3.05, 3.63) is 71.8 Å². The lowest BCUT2D eigenvalue weighted by Gasteiger charge is -2.16. The van der Waals surface area contributed by atoms with Gasteiger partial charge < -0.3 is 10.1 Å². The number of hydrogen-bond donors (Lipinski definition) is 1. The fourth-order valence-electron chi connectivity index (χ4n) is 2.79. The highest BCUT2D eigenvalue weighted by Crippen LogP contribution is 2.22. The summed E-state index contributed by atoms with van der Waals surface area (Å²) in [5.74, 6) is 0.619. The molecule has 1 amide bonds. The summed E-state index contributed by atoms with van der Waals surface area (Å²) in [6.07, 6.45) is 3.14. The number of hydrogen-bond acceptors (Lipinski definition) is 4. The van der Waals surface area contributed by atoms with Gasteiger partial charge in [0.05, 0.1) is 11.7 Å². The molecule has 0 fully saturated rings. The second-order valence-corrected chi connectivity index (χ2v) is 6.23. The lowest BCUT2D eigenvalue weighted by atomic mass is 10.1. The normalized spacial score (nSPS) is 11.8. The maximum atomic E-state index is 12.2. The van der Waals surface area contributed by atoms with Gasteiger partial charge in [-0.25, -0.2) is 9.67 Å². The van der Waals surface area contributed by atoms with Gasteiger partial charge in [-0.05, 0) is 49.6 Å². The van der Waals surface area contributed by atoms with Gasteiger partial charge >= 0.3 is 0 Å². The highest BCUT2D eigenvalue weighted by molar-refractivity contribution is 5.78. The molecule has 6 heteroatoms. The smallest absolute Gasteiger partial charge is 0.258 e. The van der Waals surface area contributed by atoms with Crippen molar-refractivity contribution < 1.29 is 9.53 Å². The zero-order chi connectivity index (χ0) is 18.5. The Morgan fingerprint density at radius 3 is 2.46 bits per heavy atom. The minimum Gasteiger partial charge on any atom is -0.483 e. The maximum Gasteiger partial charge on any atom is 0.258 e. The monoisotopic (exact) mass is 350 g/mol. The van der Waals surface area contributed by atoms with Crippen LogP contribution in [0.2, 0.25) is 0 Å². The average molecular weight is 350 g/mol. The van der Waals surface area contributed by atoms with Crippen LogP contribution >= 0.6 is 0 Å². The molecule has 1 atom stereocenters. The van der Waals surface area contributed by atoms with Crippen molar-refractivity contribution in [2.24, 2.45) is 0 Å². The van der Waals surface area contributed by atoms with Crippen molar-refractivity contribution in [1.82, 2.24) is 20.1 Å². The van der Waals surface area contributed by atoms with Crippen molar-refractivity contribution >= 4 is 5.91 Å². The highest BCUT2D eigenvalue weighted by atomic mass is 16.5. The summed E-state index contributed by atoms with van der Waals surface area (Å²) in [6, 6.07) is 13.6. The van der Waals surface area contributed by atoms with Crippen molar-refractivity contribution in [1.29, 1.82) is 0 Å². The molecule has 0 aliphatic carbocycles. The molecule has 1 N–H and O–H groups in total. The summed E-state index contributed by atoms with van der Waals surface area (Å²) in [5.41, 5.74) is 3.97. The summed E-state index contributed by atoms with van der Waals surface area (Å²) in [7, 11) is 0. The van der Waals surface area contributed by atoms with Crippen LogP contribution in [-0.2, 0) is 4.79 Å². The highest BCUT2D eigenvalue weighted by Gasteiger charge is 2.12. The van der Waals surface area contributed by atoms with E-state index in [4.69, 9.17) is 4.74 Å². The van der Waals surface area contributed by atoms with Crippen LogP contribution in [0.4, 0.5) is 0 Å². The first kappa shape index (κ1) is 17.7. The summed E-state index contributed by atoms with van der Waals surface area (Å²) in [6.45, 7) is 5.88. The van der Waals surface area contributed by atoms with E-state index in [1.54, 1.807) is 11.0 Å². The van der Waals surface area contributed by atoms with E-state index in [-0.39, 0.29) is 18.6 Å². The van der Waals surface area contributed by atoms with E-state index in [0.717, 1.165) is 28.1 Å². The van der Waals surface area contributed by atoms with Crippen LogP contribution in [-0.4, -0.2) is 27.3 Å². The fourth-order valence-corrected chi connectivity index (χ4v) is 2.79. The molecule has 0 bridgehead atoms. The molecule has 1 aromatic heterocycles. The molecular weight excluding hydrogens is 328 g/mol. The standard InChI is InChI=1S/C20H22N4O2/c1-14-5-4-6-15(2)20(14)26-11-19(25)23-16(3)17-7-9-18(10-8-17)24-13-21-12-22-24/h4-10,12-13,16H,11H2,1-3H3,(H,23,25)/t16-/m1/s1. The topological polar surface area (TPSA) is 69.0 Å². The minimum atomic E-state index is -0.152. The van der Waals surface area contributed by atoms with Gasteiger partial charge in [-0.2, -0.15) is 5.10 Å². The molecule has 0 aliphatic rings. The van der Waals surface area contributed by atoms with Crippen LogP contribution in [0, 0.1) is 13.8 Å². The van der Waals surface area contributed by atoms with Crippen molar-refractivity contribution in [3.8, 4) is 11.4 Å². The minimum absolute atomic E-state index is 0.00687. The average Bonchev–Trinajstić information content (AvgIpc) is 3.16. The molecule has 3 aromatic rings. The molecule has 0 radical (unpaired) electrons. The van der Waals surface area contributed by atoms with Gasteiger partial charge in [0.1, 0.15) is 18.4 Å². The first-order valence-corrected chi connectivity index (χ1v) is 8.48. The molecule has 0 aliphatic heterocycles. The number of rotatable bonds is 6. The number of ether oxygens (including phenoxy) is 1. The third kappa shape index (κ3) is 4.08. The third-order valence-corrected chi connectivity index (χ3v) is 4.21. The molecule has 26 heavy (non-hydrogen) atoms. The Labute approximate surface area is 152 Å². The van der Waals surface area contributed by atoms with E-state index in [2.05, 4.69) is 15.4 Å². The number of aryl methyl sites for hydroxylation is 2. The van der Waals surface area contributed by atoms with Gasteiger partial charge in [0.15, 0.2) is 6.61 Å². The van der Waals surface area contributed by atoms with E-state index >= 15 is 0 Å². The largest absolute Gasteiger partial charge is 0.483 e. The van der Waals surface area contributed by atoms with Gasteiger partial charge in [0.25, 0.3) is 5.91 Å². The molecule has 0 spiro atoms. The van der Waals surface area contributed by atoms with E-state index in [0.29, 0.717) is 0 Å². The molecule has 0 unspecified atom stereocenters. The van der Waals surface area contributed by atoms with Gasteiger partial charge in [-0.15, -0.1) is 0 Å². The fraction of sp³-hybridized carbons (Fsp3) is 0.250. The van der Waals surface area contributed by atoms with E-state index in [9.17, 15) is 4.79 Å². The van der Waals surface area contributed by atoms with Crippen molar-refractivity contribution in [2.45, 2.75) is 26.8 Å². The number of amides is 1. The lowest BCUT2D eigenvalue weighted by molar-refractivity contribution is -0.123. The summed E-state index contributed by atoms with van der Waals surface area (Å²) < 4.78 is 7.39. The first-order valence-electron chi connectivity index (χ1n) is 8.48. The Balaban J connectivity index is 1.57. The zero-order valence-electron chi connectivity index (χ0n) is 15.1. The number of aromatic nitrogens is 3. The predicted octanol–water partition coefficient (Wildman–Crippen LogP) is 3.14. The quantitative estimate of drug-likeness (QED) is 0.741. The molecular formula is C20H22N4O2. The van der Waals surface area contributed by atoms with Crippen LogP contribution in [0.15, 0.2) is 55.1 Å². The molecule has 0 saturated heterocycles. The second-order valence-electron chi connectivity index (χ2n) is 6.23. The van der Waals surface area contributed by atoms with Crippen LogP contribution < -0.4 is 10.1 Å². The number of nitrogens with zero attached hydrogens (tertiary/aromatic N) is 3. The Morgan fingerprint density at radius 1 is 1.15 bits per heavy atom. The molecule has 134 valence electrons. The zero-order valence-corrected chi connectivity index (χ0v) is 15.1. The summed E-state index contributed by atoms with van der Waals surface area (Å²) in [5, 5.41) is 7.06. The lowest BCUT2D eigenvalue weighted by Crippen LogP contribution is -2.31. The van der Waals surface area contributed by atoms with E-state index in [1.165, 1.54) is 6.33 Å². The molecule has 1 heterocycles. The predicted molar refractivity (Wildman–Crippen MR) is 99.3 cm³/mol. The summed E-state index contributed by atoms with van der Waals surface area (Å²) >= 11 is 0. The number of nitrogens with one attached hydrogen (secondary N) is 1. The second kappa shape index (κ2) is 7.82. The van der Waals surface area contributed by atoms with Crippen LogP contribution in [0.25, 0.3) is 5.69 Å². The molecule has 6 nitrogen and oxygen atoms in total. The molecule has 0 saturated carbocycles. The molecule has 2 aromatic carbocycles. The van der Waals surface area contributed by atoms with Crippen LogP contribution in [0.5, 0.6) is 5.75 Å². The maximum absolute atomic E-state index is 12.2. The van der Waals surface area contributed by atoms with E-state index in [1.807, 2.05) is 63.2 Å². The number of benzene rings is 2. The van der Waals surface area contributed by atoms with Gasteiger partial charge in [0, 0.05) is 0 Å².